The Kier molecular flexibility index (Phi) is 4.59. The molecule has 0 radical (unpaired) electrons. The lowest BCUT2D eigenvalue weighted by Crippen LogP contribution is -2.35. The van der Waals surface area contributed by atoms with Gasteiger partial charge in [0.15, 0.2) is 0 Å². The summed E-state index contributed by atoms with van der Waals surface area (Å²) in [7, 11) is 0. The van der Waals surface area contributed by atoms with Crippen molar-refractivity contribution in [3.63, 3.8) is 0 Å². The van der Waals surface area contributed by atoms with Crippen LogP contribution in [0.4, 0.5) is 5.69 Å². The highest BCUT2D eigenvalue weighted by atomic mass is 79.9. The lowest BCUT2D eigenvalue weighted by Gasteiger charge is -2.10. The molecule has 17 heavy (non-hydrogen) atoms. The third kappa shape index (κ3) is 3.79. The number of nitro benzene ring substituents is 1. The van der Waals surface area contributed by atoms with Crippen LogP contribution < -0.4 is 5.32 Å². The fourth-order valence-electron chi connectivity index (χ4n) is 1.16. The van der Waals surface area contributed by atoms with Crippen molar-refractivity contribution in [2.75, 3.05) is 6.61 Å². The van der Waals surface area contributed by atoms with Crippen LogP contribution in [0.5, 0.6) is 0 Å². The maximum Gasteiger partial charge on any atom is 0.271 e. The van der Waals surface area contributed by atoms with Crippen molar-refractivity contribution in [3.05, 3.63) is 38.3 Å². The van der Waals surface area contributed by atoms with Gasteiger partial charge >= 0.3 is 0 Å². The third-order valence-electron chi connectivity index (χ3n) is 2.01. The van der Waals surface area contributed by atoms with E-state index in [1.165, 1.54) is 18.2 Å². The number of amides is 1. The quantitative estimate of drug-likeness (QED) is 0.650. The van der Waals surface area contributed by atoms with Crippen molar-refractivity contribution < 1.29 is 14.8 Å². The predicted octanol–water partition coefficient (Wildman–Crippen LogP) is 1.47. The van der Waals surface area contributed by atoms with E-state index in [2.05, 4.69) is 21.2 Å². The SMILES string of the molecule is C[C@@H](CO)NC(=O)c1cc(Br)cc([N+](=O)[O-])c1. The number of hydrogen-bond acceptors (Lipinski definition) is 4. The lowest BCUT2D eigenvalue weighted by molar-refractivity contribution is -0.385. The second-order valence-corrected chi connectivity index (χ2v) is 4.43. The Bertz CT molecular complexity index is 450. The van der Waals surface area contributed by atoms with Gasteiger partial charge < -0.3 is 10.4 Å². The molecule has 0 unspecified atom stereocenters. The Balaban J connectivity index is 2.97. The average molecular weight is 303 g/mol. The van der Waals surface area contributed by atoms with E-state index in [9.17, 15) is 14.9 Å². The molecule has 0 spiro atoms. The largest absolute Gasteiger partial charge is 0.394 e. The molecule has 0 aromatic heterocycles. The number of rotatable bonds is 4. The first-order valence-corrected chi connectivity index (χ1v) is 5.60. The normalized spacial score (nSPS) is 11.9. The number of benzene rings is 1. The van der Waals surface area contributed by atoms with Gasteiger partial charge in [0.05, 0.1) is 11.5 Å². The first-order chi connectivity index (χ1) is 7.93. The zero-order valence-electron chi connectivity index (χ0n) is 9.01. The third-order valence-corrected chi connectivity index (χ3v) is 2.46. The number of halogens is 1. The van der Waals surface area contributed by atoms with Crippen LogP contribution in [-0.2, 0) is 0 Å². The summed E-state index contributed by atoms with van der Waals surface area (Å²) in [6.45, 7) is 1.44. The van der Waals surface area contributed by atoms with Crippen molar-refractivity contribution in [2.24, 2.45) is 0 Å². The van der Waals surface area contributed by atoms with Gasteiger partial charge in [-0.05, 0) is 13.0 Å². The van der Waals surface area contributed by atoms with Gasteiger partial charge in [-0.3, -0.25) is 14.9 Å². The molecule has 1 amide bonds. The Labute approximate surface area is 106 Å². The van der Waals surface area contributed by atoms with Gasteiger partial charge in [-0.2, -0.15) is 0 Å². The standard InChI is InChI=1S/C10H11BrN2O4/c1-6(5-14)12-10(15)7-2-8(11)4-9(3-7)13(16)17/h2-4,6,14H,5H2,1H3,(H,12,15)/t6-/m0/s1. The molecule has 6 nitrogen and oxygen atoms in total. The van der Waals surface area contributed by atoms with Crippen molar-refractivity contribution in [1.29, 1.82) is 0 Å². The molecule has 0 heterocycles. The van der Waals surface area contributed by atoms with E-state index < -0.39 is 16.9 Å². The molecule has 92 valence electrons. The maximum absolute atomic E-state index is 11.7. The Hall–Kier alpha value is -1.47. The molecule has 2 N–H and O–H groups in total. The van der Waals surface area contributed by atoms with Gasteiger partial charge in [-0.25, -0.2) is 0 Å². The summed E-state index contributed by atoms with van der Waals surface area (Å²) in [6.07, 6.45) is 0. The predicted molar refractivity (Wildman–Crippen MR) is 64.8 cm³/mol. The summed E-state index contributed by atoms with van der Waals surface area (Å²) in [6, 6.07) is 3.57. The molecule has 1 rings (SSSR count). The number of carbonyl (C=O) groups excluding carboxylic acids is 1. The number of non-ortho nitro benzene ring substituents is 1. The fraction of sp³-hybridized carbons (Fsp3) is 0.300. The summed E-state index contributed by atoms with van der Waals surface area (Å²) in [5.74, 6) is -0.462. The van der Waals surface area contributed by atoms with Gasteiger partial charge in [-0.15, -0.1) is 0 Å². The summed E-state index contributed by atoms with van der Waals surface area (Å²) < 4.78 is 0.452. The fourth-order valence-corrected chi connectivity index (χ4v) is 1.64. The lowest BCUT2D eigenvalue weighted by atomic mass is 10.2. The van der Waals surface area contributed by atoms with Crippen molar-refractivity contribution in [1.82, 2.24) is 5.32 Å². The number of nitrogens with zero attached hydrogens (tertiary/aromatic N) is 1. The topological polar surface area (TPSA) is 92.5 Å². The zero-order chi connectivity index (χ0) is 13.0. The average Bonchev–Trinajstić information content (AvgIpc) is 2.27. The molecule has 7 heteroatoms. The van der Waals surface area contributed by atoms with E-state index in [0.717, 1.165) is 0 Å². The first kappa shape index (κ1) is 13.6. The second-order valence-electron chi connectivity index (χ2n) is 3.51. The van der Waals surface area contributed by atoms with Crippen LogP contribution in [0.2, 0.25) is 0 Å². The van der Waals surface area contributed by atoms with Gasteiger partial charge in [0.25, 0.3) is 11.6 Å². The number of aliphatic hydroxyl groups excluding tert-OH is 1. The minimum absolute atomic E-state index is 0.166. The second kappa shape index (κ2) is 5.74. The van der Waals surface area contributed by atoms with Gasteiger partial charge in [0.1, 0.15) is 0 Å². The minimum atomic E-state index is -0.572. The highest BCUT2D eigenvalue weighted by molar-refractivity contribution is 9.10. The highest BCUT2D eigenvalue weighted by Crippen LogP contribution is 2.21. The van der Waals surface area contributed by atoms with Crippen LogP contribution >= 0.6 is 15.9 Å². The van der Waals surface area contributed by atoms with Crippen LogP contribution in [0, 0.1) is 10.1 Å². The molecule has 0 aliphatic carbocycles. The molecule has 1 atom stereocenters. The zero-order valence-corrected chi connectivity index (χ0v) is 10.6. The Morgan fingerprint density at radius 2 is 2.24 bits per heavy atom. The minimum Gasteiger partial charge on any atom is -0.394 e. The van der Waals surface area contributed by atoms with Crippen LogP contribution in [0.3, 0.4) is 0 Å². The first-order valence-electron chi connectivity index (χ1n) is 4.80. The van der Waals surface area contributed by atoms with E-state index in [-0.39, 0.29) is 17.9 Å². The van der Waals surface area contributed by atoms with E-state index in [1.807, 2.05) is 0 Å². The van der Waals surface area contributed by atoms with Crippen molar-refractivity contribution in [3.8, 4) is 0 Å². The molecule has 0 saturated heterocycles. The monoisotopic (exact) mass is 302 g/mol. The number of aliphatic hydroxyl groups is 1. The van der Waals surface area contributed by atoms with E-state index in [4.69, 9.17) is 5.11 Å². The molecule has 0 saturated carbocycles. The van der Waals surface area contributed by atoms with E-state index in [0.29, 0.717) is 4.47 Å². The summed E-state index contributed by atoms with van der Waals surface area (Å²) in [5, 5.41) is 21.9. The van der Waals surface area contributed by atoms with E-state index in [1.54, 1.807) is 6.92 Å². The van der Waals surface area contributed by atoms with Crippen LogP contribution in [-0.4, -0.2) is 28.6 Å². The van der Waals surface area contributed by atoms with Gasteiger partial charge in [-0.1, -0.05) is 15.9 Å². The van der Waals surface area contributed by atoms with Crippen LogP contribution in [0.15, 0.2) is 22.7 Å². The van der Waals surface area contributed by atoms with Gasteiger partial charge in [0.2, 0.25) is 0 Å². The Morgan fingerprint density at radius 1 is 1.59 bits per heavy atom. The number of carbonyl (C=O) groups is 1. The highest BCUT2D eigenvalue weighted by Gasteiger charge is 2.14. The molecule has 0 aliphatic heterocycles. The molecule has 0 fully saturated rings. The number of nitro groups is 1. The Morgan fingerprint density at radius 3 is 2.76 bits per heavy atom. The number of nitrogens with one attached hydrogen (secondary N) is 1. The van der Waals surface area contributed by atoms with Crippen LogP contribution in [0.1, 0.15) is 17.3 Å². The van der Waals surface area contributed by atoms with E-state index >= 15 is 0 Å². The molecule has 0 bridgehead atoms. The van der Waals surface area contributed by atoms with Crippen molar-refractivity contribution >= 4 is 27.5 Å². The molecule has 1 aromatic rings. The summed E-state index contributed by atoms with van der Waals surface area (Å²) >= 11 is 3.10. The molecular weight excluding hydrogens is 292 g/mol. The molecular formula is C10H11BrN2O4. The smallest absolute Gasteiger partial charge is 0.271 e. The van der Waals surface area contributed by atoms with Crippen LogP contribution in [0.25, 0.3) is 0 Å². The molecule has 0 aliphatic rings. The summed E-state index contributed by atoms with van der Waals surface area (Å²) in [4.78, 5) is 21.7. The number of hydrogen-bond donors (Lipinski definition) is 2. The molecule has 1 aromatic carbocycles. The maximum atomic E-state index is 11.7. The van der Waals surface area contributed by atoms with Gasteiger partial charge in [0, 0.05) is 28.2 Å². The summed E-state index contributed by atoms with van der Waals surface area (Å²) in [5.41, 5.74) is 0.00699. The van der Waals surface area contributed by atoms with Crippen molar-refractivity contribution in [2.45, 2.75) is 13.0 Å².